The topological polar surface area (TPSA) is 57.1 Å². The molecule has 1 fully saturated rings. The number of rotatable bonds is 7. The Morgan fingerprint density at radius 3 is 2.89 bits per heavy atom. The third-order valence-electron chi connectivity index (χ3n) is 3.84. The van der Waals surface area contributed by atoms with Crippen LogP contribution in [0.4, 0.5) is 0 Å². The van der Waals surface area contributed by atoms with E-state index in [9.17, 15) is 0 Å². The third-order valence-corrected chi connectivity index (χ3v) is 3.84. The first-order valence-corrected chi connectivity index (χ1v) is 7.13. The molecule has 0 bridgehead atoms. The molecule has 2 rings (SSSR count). The highest BCUT2D eigenvalue weighted by Crippen LogP contribution is 2.15. The molecule has 0 saturated carbocycles. The number of nitrogens with zero attached hydrogens (tertiary/aromatic N) is 1. The molecule has 102 valence electrons. The fourth-order valence-electron chi connectivity index (χ4n) is 2.65. The molecule has 0 aliphatic carbocycles. The fraction of sp³-hybridized carbons (Fsp3) is 0.714. The third kappa shape index (κ3) is 4.44. The molecule has 1 aliphatic rings. The quantitative estimate of drug-likeness (QED) is 0.628. The standard InChI is InChI=1S/C14H26N4/c15-5-10-18-8-3-14(4-9-18)12-17-7-2-13-1-6-16-11-13/h1,6,11,14,16-17H,2-5,7-10,12,15H2. The van der Waals surface area contributed by atoms with E-state index in [0.717, 1.165) is 32.0 Å². The van der Waals surface area contributed by atoms with E-state index in [1.165, 1.54) is 38.0 Å². The molecule has 4 heteroatoms. The Labute approximate surface area is 110 Å². The second kappa shape index (κ2) is 7.56. The van der Waals surface area contributed by atoms with Crippen molar-refractivity contribution in [1.29, 1.82) is 0 Å². The molecule has 1 aromatic rings. The van der Waals surface area contributed by atoms with Gasteiger partial charge in [-0.05, 0) is 63.0 Å². The fourth-order valence-corrected chi connectivity index (χ4v) is 2.65. The molecular formula is C14H26N4. The van der Waals surface area contributed by atoms with E-state index in [0.29, 0.717) is 0 Å². The molecule has 0 aromatic carbocycles. The van der Waals surface area contributed by atoms with Gasteiger partial charge < -0.3 is 20.9 Å². The summed E-state index contributed by atoms with van der Waals surface area (Å²) in [5.74, 6) is 0.852. The Hall–Kier alpha value is -0.840. The monoisotopic (exact) mass is 250 g/mol. The van der Waals surface area contributed by atoms with Crippen LogP contribution >= 0.6 is 0 Å². The van der Waals surface area contributed by atoms with Crippen molar-refractivity contribution in [3.8, 4) is 0 Å². The van der Waals surface area contributed by atoms with Gasteiger partial charge in [-0.3, -0.25) is 0 Å². The van der Waals surface area contributed by atoms with Crippen molar-refractivity contribution in [1.82, 2.24) is 15.2 Å². The SMILES string of the molecule is NCCN1CCC(CNCCc2cc[nH]c2)CC1. The highest BCUT2D eigenvalue weighted by molar-refractivity contribution is 5.08. The number of aromatic nitrogens is 1. The maximum atomic E-state index is 5.58. The number of piperidine rings is 1. The van der Waals surface area contributed by atoms with Crippen molar-refractivity contribution in [2.45, 2.75) is 19.3 Å². The number of hydrogen-bond donors (Lipinski definition) is 3. The number of nitrogens with two attached hydrogens (primary N) is 1. The van der Waals surface area contributed by atoms with Crippen molar-refractivity contribution in [3.05, 3.63) is 24.0 Å². The Bertz CT molecular complexity index is 302. The molecule has 4 nitrogen and oxygen atoms in total. The zero-order valence-electron chi connectivity index (χ0n) is 11.2. The number of hydrogen-bond acceptors (Lipinski definition) is 3. The number of aromatic amines is 1. The summed E-state index contributed by atoms with van der Waals surface area (Å²) in [7, 11) is 0. The van der Waals surface area contributed by atoms with E-state index in [2.05, 4.69) is 27.5 Å². The molecule has 0 unspecified atom stereocenters. The minimum atomic E-state index is 0.791. The Kier molecular flexibility index (Phi) is 5.71. The number of H-pyrrole nitrogens is 1. The van der Waals surface area contributed by atoms with Crippen molar-refractivity contribution in [2.75, 3.05) is 39.3 Å². The Morgan fingerprint density at radius 1 is 1.39 bits per heavy atom. The van der Waals surface area contributed by atoms with E-state index >= 15 is 0 Å². The largest absolute Gasteiger partial charge is 0.367 e. The zero-order chi connectivity index (χ0) is 12.6. The first-order chi connectivity index (χ1) is 8.88. The zero-order valence-corrected chi connectivity index (χ0v) is 11.2. The second-order valence-electron chi connectivity index (χ2n) is 5.25. The minimum absolute atomic E-state index is 0.791. The van der Waals surface area contributed by atoms with Gasteiger partial charge in [0.25, 0.3) is 0 Å². The van der Waals surface area contributed by atoms with Crippen molar-refractivity contribution in [3.63, 3.8) is 0 Å². The first-order valence-electron chi connectivity index (χ1n) is 7.13. The highest BCUT2D eigenvalue weighted by Gasteiger charge is 2.17. The smallest absolute Gasteiger partial charge is 0.0105 e. The van der Waals surface area contributed by atoms with Gasteiger partial charge >= 0.3 is 0 Å². The summed E-state index contributed by atoms with van der Waals surface area (Å²) in [6.07, 6.45) is 7.82. The Morgan fingerprint density at radius 2 is 2.22 bits per heavy atom. The lowest BCUT2D eigenvalue weighted by molar-refractivity contribution is 0.187. The van der Waals surface area contributed by atoms with E-state index in [1.54, 1.807) is 0 Å². The molecule has 2 heterocycles. The van der Waals surface area contributed by atoms with Gasteiger partial charge in [0, 0.05) is 25.5 Å². The molecule has 0 amide bonds. The lowest BCUT2D eigenvalue weighted by Gasteiger charge is -2.31. The van der Waals surface area contributed by atoms with Crippen LogP contribution in [0.15, 0.2) is 18.5 Å². The van der Waals surface area contributed by atoms with Crippen LogP contribution in [0.25, 0.3) is 0 Å². The van der Waals surface area contributed by atoms with Gasteiger partial charge in [-0.2, -0.15) is 0 Å². The molecule has 18 heavy (non-hydrogen) atoms. The predicted octanol–water partition coefficient (Wildman–Crippen LogP) is 0.817. The van der Waals surface area contributed by atoms with Gasteiger partial charge in [0.1, 0.15) is 0 Å². The molecule has 0 radical (unpaired) electrons. The van der Waals surface area contributed by atoms with Crippen molar-refractivity contribution >= 4 is 0 Å². The lowest BCUT2D eigenvalue weighted by atomic mass is 9.97. The maximum Gasteiger partial charge on any atom is 0.0105 e. The van der Waals surface area contributed by atoms with E-state index in [-0.39, 0.29) is 0 Å². The van der Waals surface area contributed by atoms with Crippen LogP contribution < -0.4 is 11.1 Å². The van der Waals surface area contributed by atoms with E-state index in [1.807, 2.05) is 6.20 Å². The summed E-state index contributed by atoms with van der Waals surface area (Å²) >= 11 is 0. The van der Waals surface area contributed by atoms with Crippen LogP contribution in [-0.2, 0) is 6.42 Å². The van der Waals surface area contributed by atoms with Crippen LogP contribution in [0.3, 0.4) is 0 Å². The van der Waals surface area contributed by atoms with Gasteiger partial charge in [0.2, 0.25) is 0 Å². The van der Waals surface area contributed by atoms with E-state index < -0.39 is 0 Å². The highest BCUT2D eigenvalue weighted by atomic mass is 15.1. The molecule has 1 aromatic heterocycles. The van der Waals surface area contributed by atoms with Crippen molar-refractivity contribution < 1.29 is 0 Å². The number of likely N-dealkylation sites (tertiary alicyclic amines) is 1. The average molecular weight is 250 g/mol. The summed E-state index contributed by atoms with van der Waals surface area (Å²) in [6, 6.07) is 2.15. The maximum absolute atomic E-state index is 5.58. The van der Waals surface area contributed by atoms with Crippen LogP contribution in [0.5, 0.6) is 0 Å². The van der Waals surface area contributed by atoms with E-state index in [4.69, 9.17) is 5.73 Å². The van der Waals surface area contributed by atoms with Gasteiger partial charge in [-0.25, -0.2) is 0 Å². The number of nitrogens with one attached hydrogen (secondary N) is 2. The van der Waals surface area contributed by atoms with Crippen molar-refractivity contribution in [2.24, 2.45) is 11.7 Å². The molecule has 1 aliphatic heterocycles. The van der Waals surface area contributed by atoms with Gasteiger partial charge in [-0.1, -0.05) is 0 Å². The Balaban J connectivity index is 1.53. The predicted molar refractivity (Wildman–Crippen MR) is 75.6 cm³/mol. The second-order valence-corrected chi connectivity index (χ2v) is 5.25. The molecule has 4 N–H and O–H groups in total. The summed E-state index contributed by atoms with van der Waals surface area (Å²) in [4.78, 5) is 5.58. The average Bonchev–Trinajstić information content (AvgIpc) is 2.90. The summed E-state index contributed by atoms with van der Waals surface area (Å²) in [5.41, 5.74) is 6.97. The summed E-state index contributed by atoms with van der Waals surface area (Å²) in [5, 5.41) is 3.58. The lowest BCUT2D eigenvalue weighted by Crippen LogP contribution is -2.39. The molecule has 1 saturated heterocycles. The normalized spacial score (nSPS) is 18.3. The van der Waals surface area contributed by atoms with Crippen LogP contribution in [0.2, 0.25) is 0 Å². The minimum Gasteiger partial charge on any atom is -0.367 e. The summed E-state index contributed by atoms with van der Waals surface area (Å²) in [6.45, 7) is 6.55. The first kappa shape index (κ1) is 13.6. The molecular weight excluding hydrogens is 224 g/mol. The molecule has 0 atom stereocenters. The molecule has 0 spiro atoms. The van der Waals surface area contributed by atoms with Gasteiger partial charge in [0.15, 0.2) is 0 Å². The van der Waals surface area contributed by atoms with Gasteiger partial charge in [-0.15, -0.1) is 0 Å². The van der Waals surface area contributed by atoms with Crippen LogP contribution in [0, 0.1) is 5.92 Å². The van der Waals surface area contributed by atoms with Crippen LogP contribution in [0.1, 0.15) is 18.4 Å². The summed E-state index contributed by atoms with van der Waals surface area (Å²) < 4.78 is 0. The van der Waals surface area contributed by atoms with Gasteiger partial charge in [0.05, 0.1) is 0 Å². The van der Waals surface area contributed by atoms with Crippen LogP contribution in [-0.4, -0.2) is 49.2 Å².